The molecule has 0 amide bonds. The quantitative estimate of drug-likeness (QED) is 0.834. The third-order valence-corrected chi connectivity index (χ3v) is 5.78. The van der Waals surface area contributed by atoms with Crippen molar-refractivity contribution in [2.24, 2.45) is 5.92 Å². The minimum atomic E-state index is -0.738. The first-order valence-electron chi connectivity index (χ1n) is 7.81. The first kappa shape index (κ1) is 15.7. The fraction of sp³-hybridized carbons (Fsp3) is 0.647. The van der Waals surface area contributed by atoms with Crippen LogP contribution in [-0.4, -0.2) is 21.8 Å². The van der Waals surface area contributed by atoms with E-state index in [2.05, 4.69) is 50.4 Å². The van der Waals surface area contributed by atoms with Gasteiger partial charge in [0.05, 0.1) is 5.25 Å². The Balaban J connectivity index is 2.10. The van der Waals surface area contributed by atoms with Crippen molar-refractivity contribution in [1.82, 2.24) is 5.32 Å². The average Bonchev–Trinajstić information content (AvgIpc) is 2.81. The molecule has 3 unspecified atom stereocenters. The highest BCUT2D eigenvalue weighted by atomic mass is 32.2. The molecule has 2 nitrogen and oxygen atoms in total. The molecule has 0 aromatic heterocycles. The molecule has 20 heavy (non-hydrogen) atoms. The second kappa shape index (κ2) is 7.37. The summed E-state index contributed by atoms with van der Waals surface area (Å²) in [6, 6.07) is 8.85. The molecule has 0 aliphatic heterocycles. The standard InChI is InChI=1S/C17H27NOS/c1-4-10-18-17-15-8-6-5-7-14(15)12-16(17)20(19)11-9-13(2)3/h5-8,13,16-18H,4,9-12H2,1-3H3. The first-order chi connectivity index (χ1) is 9.63. The topological polar surface area (TPSA) is 29.1 Å². The maximum absolute atomic E-state index is 12.7. The Morgan fingerprint density at radius 2 is 2.10 bits per heavy atom. The van der Waals surface area contributed by atoms with Gasteiger partial charge in [0.2, 0.25) is 0 Å². The lowest BCUT2D eigenvalue weighted by molar-refractivity contribution is 0.525. The molecule has 0 radical (unpaired) electrons. The van der Waals surface area contributed by atoms with Gasteiger partial charge in [-0.25, -0.2) is 0 Å². The lowest BCUT2D eigenvalue weighted by Gasteiger charge is -2.22. The van der Waals surface area contributed by atoms with Crippen LogP contribution in [0.1, 0.15) is 50.8 Å². The molecule has 1 aliphatic rings. The van der Waals surface area contributed by atoms with Gasteiger partial charge in [0.25, 0.3) is 0 Å². The van der Waals surface area contributed by atoms with Crippen LogP contribution in [0, 0.1) is 5.92 Å². The van der Waals surface area contributed by atoms with E-state index in [1.165, 1.54) is 11.1 Å². The molecule has 2 rings (SSSR count). The van der Waals surface area contributed by atoms with Crippen molar-refractivity contribution >= 4 is 10.8 Å². The molecule has 1 aliphatic carbocycles. The lowest BCUT2D eigenvalue weighted by Crippen LogP contribution is -2.33. The molecule has 1 N–H and O–H groups in total. The van der Waals surface area contributed by atoms with E-state index in [-0.39, 0.29) is 11.3 Å². The normalized spacial score (nSPS) is 23.0. The zero-order valence-corrected chi connectivity index (χ0v) is 13.7. The highest BCUT2D eigenvalue weighted by Gasteiger charge is 2.35. The minimum absolute atomic E-state index is 0.248. The Morgan fingerprint density at radius 3 is 2.80 bits per heavy atom. The highest BCUT2D eigenvalue weighted by Crippen LogP contribution is 2.34. The number of benzene rings is 1. The third kappa shape index (κ3) is 3.70. The lowest BCUT2D eigenvalue weighted by atomic mass is 10.1. The Labute approximate surface area is 125 Å². The van der Waals surface area contributed by atoms with Crippen molar-refractivity contribution in [3.8, 4) is 0 Å². The Kier molecular flexibility index (Phi) is 5.79. The van der Waals surface area contributed by atoms with E-state index in [0.29, 0.717) is 5.92 Å². The number of fused-ring (bicyclic) bond motifs is 1. The van der Waals surface area contributed by atoms with Crippen LogP contribution in [-0.2, 0) is 17.2 Å². The van der Waals surface area contributed by atoms with Crippen molar-refractivity contribution in [3.63, 3.8) is 0 Å². The van der Waals surface area contributed by atoms with Gasteiger partial charge in [-0.05, 0) is 42.9 Å². The SMILES string of the molecule is CCCNC1c2ccccc2CC1S(=O)CCC(C)C. The van der Waals surface area contributed by atoms with Crippen LogP contribution in [0.25, 0.3) is 0 Å². The summed E-state index contributed by atoms with van der Waals surface area (Å²) in [4.78, 5) is 0. The van der Waals surface area contributed by atoms with E-state index in [4.69, 9.17) is 0 Å². The summed E-state index contributed by atoms with van der Waals surface area (Å²) in [5.41, 5.74) is 2.74. The van der Waals surface area contributed by atoms with E-state index in [1.54, 1.807) is 0 Å². The van der Waals surface area contributed by atoms with Gasteiger partial charge in [0, 0.05) is 22.6 Å². The molecule has 3 heteroatoms. The molecule has 1 aromatic rings. The Bertz CT molecular complexity index is 458. The molecular formula is C17H27NOS. The van der Waals surface area contributed by atoms with E-state index >= 15 is 0 Å². The van der Waals surface area contributed by atoms with Gasteiger partial charge >= 0.3 is 0 Å². The fourth-order valence-corrected chi connectivity index (χ4v) is 4.77. The molecule has 0 heterocycles. The van der Waals surface area contributed by atoms with Gasteiger partial charge in [-0.1, -0.05) is 45.0 Å². The average molecular weight is 293 g/mol. The first-order valence-corrected chi connectivity index (χ1v) is 9.20. The molecule has 0 fully saturated rings. The van der Waals surface area contributed by atoms with Gasteiger partial charge in [-0.15, -0.1) is 0 Å². The second-order valence-electron chi connectivity index (χ2n) is 6.14. The number of nitrogens with one attached hydrogen (secondary N) is 1. The smallest absolute Gasteiger partial charge is 0.0583 e. The Hall–Kier alpha value is -0.670. The predicted octanol–water partition coefficient (Wildman–Crippen LogP) is 3.45. The molecule has 0 saturated carbocycles. The van der Waals surface area contributed by atoms with Crippen molar-refractivity contribution < 1.29 is 4.21 Å². The van der Waals surface area contributed by atoms with E-state index in [9.17, 15) is 4.21 Å². The van der Waals surface area contributed by atoms with Gasteiger partial charge in [0.1, 0.15) is 0 Å². The van der Waals surface area contributed by atoms with Crippen LogP contribution in [0.4, 0.5) is 0 Å². The van der Waals surface area contributed by atoms with Crippen molar-refractivity contribution in [2.45, 2.75) is 51.3 Å². The van der Waals surface area contributed by atoms with Gasteiger partial charge < -0.3 is 5.32 Å². The molecular weight excluding hydrogens is 266 g/mol. The predicted molar refractivity (Wildman–Crippen MR) is 87.4 cm³/mol. The molecule has 0 saturated heterocycles. The molecule has 112 valence electrons. The van der Waals surface area contributed by atoms with Crippen LogP contribution in [0.15, 0.2) is 24.3 Å². The van der Waals surface area contributed by atoms with E-state index in [1.807, 2.05) is 0 Å². The van der Waals surface area contributed by atoms with E-state index in [0.717, 1.165) is 31.6 Å². The Morgan fingerprint density at radius 1 is 1.35 bits per heavy atom. The van der Waals surface area contributed by atoms with Crippen LogP contribution >= 0.6 is 0 Å². The zero-order valence-electron chi connectivity index (χ0n) is 12.9. The van der Waals surface area contributed by atoms with Gasteiger partial charge in [0.15, 0.2) is 0 Å². The summed E-state index contributed by atoms with van der Waals surface area (Å²) in [6.45, 7) is 7.58. The number of hydrogen-bond donors (Lipinski definition) is 1. The maximum atomic E-state index is 12.7. The third-order valence-electron chi connectivity index (χ3n) is 4.03. The van der Waals surface area contributed by atoms with Gasteiger partial charge in [-0.2, -0.15) is 0 Å². The fourth-order valence-electron chi connectivity index (χ4n) is 2.85. The summed E-state index contributed by atoms with van der Waals surface area (Å²) < 4.78 is 12.7. The van der Waals surface area contributed by atoms with Crippen molar-refractivity contribution in [2.75, 3.05) is 12.3 Å². The van der Waals surface area contributed by atoms with Crippen LogP contribution in [0.2, 0.25) is 0 Å². The van der Waals surface area contributed by atoms with E-state index < -0.39 is 10.8 Å². The molecule has 0 spiro atoms. The van der Waals surface area contributed by atoms with Crippen LogP contribution in [0.3, 0.4) is 0 Å². The van der Waals surface area contributed by atoms with Crippen LogP contribution in [0.5, 0.6) is 0 Å². The number of hydrogen-bond acceptors (Lipinski definition) is 2. The summed E-state index contributed by atoms with van der Waals surface area (Å²) in [5.74, 6) is 1.46. The van der Waals surface area contributed by atoms with Crippen LogP contribution < -0.4 is 5.32 Å². The maximum Gasteiger partial charge on any atom is 0.0583 e. The molecule has 3 atom stereocenters. The summed E-state index contributed by atoms with van der Waals surface area (Å²) in [6.07, 6.45) is 3.13. The zero-order chi connectivity index (χ0) is 14.5. The molecule has 0 bridgehead atoms. The summed E-state index contributed by atoms with van der Waals surface area (Å²) in [5, 5.41) is 3.86. The summed E-state index contributed by atoms with van der Waals surface area (Å²) >= 11 is 0. The van der Waals surface area contributed by atoms with Crippen molar-refractivity contribution in [1.29, 1.82) is 0 Å². The summed E-state index contributed by atoms with van der Waals surface area (Å²) in [7, 11) is -0.738. The minimum Gasteiger partial charge on any atom is -0.309 e. The largest absolute Gasteiger partial charge is 0.309 e. The van der Waals surface area contributed by atoms with Crippen molar-refractivity contribution in [3.05, 3.63) is 35.4 Å². The number of rotatable bonds is 7. The monoisotopic (exact) mass is 293 g/mol. The second-order valence-corrected chi connectivity index (χ2v) is 7.92. The van der Waals surface area contributed by atoms with Gasteiger partial charge in [-0.3, -0.25) is 4.21 Å². The highest BCUT2D eigenvalue weighted by molar-refractivity contribution is 7.85. The molecule has 1 aromatic carbocycles.